The van der Waals surface area contributed by atoms with E-state index in [1.54, 1.807) is 21.8 Å². The normalized spacial score (nSPS) is 14.8. The van der Waals surface area contributed by atoms with Gasteiger partial charge >= 0.3 is 0 Å². The maximum absolute atomic E-state index is 12.3. The zero-order valence-electron chi connectivity index (χ0n) is 11.5. The van der Waals surface area contributed by atoms with Crippen molar-refractivity contribution in [3.05, 3.63) is 42.2 Å². The molecule has 0 saturated heterocycles. The summed E-state index contributed by atoms with van der Waals surface area (Å²) in [5.41, 5.74) is 7.75. The largest absolute Gasteiger partial charge is 0.399 e. The second-order valence-corrected chi connectivity index (χ2v) is 5.24. The number of aromatic nitrogens is 2. The molecule has 0 radical (unpaired) electrons. The molecule has 0 bridgehead atoms. The summed E-state index contributed by atoms with van der Waals surface area (Å²) in [6.07, 6.45) is 5.21. The average molecular weight is 270 g/mol. The first-order valence-corrected chi connectivity index (χ1v) is 6.84. The Hall–Kier alpha value is -2.30. The van der Waals surface area contributed by atoms with Crippen molar-refractivity contribution in [1.82, 2.24) is 14.7 Å². The van der Waals surface area contributed by atoms with Crippen molar-refractivity contribution in [2.75, 3.05) is 12.8 Å². The van der Waals surface area contributed by atoms with E-state index in [9.17, 15) is 4.79 Å². The van der Waals surface area contributed by atoms with E-state index >= 15 is 0 Å². The van der Waals surface area contributed by atoms with Crippen molar-refractivity contribution in [2.24, 2.45) is 0 Å². The molecule has 2 aromatic rings. The van der Waals surface area contributed by atoms with E-state index in [0.717, 1.165) is 18.5 Å². The number of anilines is 1. The van der Waals surface area contributed by atoms with E-state index in [-0.39, 0.29) is 5.91 Å². The lowest BCUT2D eigenvalue weighted by atomic mass is 9.92. The number of nitrogen functional groups attached to an aromatic ring is 1. The predicted octanol–water partition coefficient (Wildman–Crippen LogP) is 2.08. The smallest absolute Gasteiger partial charge is 0.274 e. The summed E-state index contributed by atoms with van der Waals surface area (Å²) < 4.78 is 1.70. The third-order valence-electron chi connectivity index (χ3n) is 3.91. The Balaban J connectivity index is 1.79. The van der Waals surface area contributed by atoms with Crippen LogP contribution in [0.5, 0.6) is 0 Å². The molecule has 1 aromatic heterocycles. The van der Waals surface area contributed by atoms with Crippen LogP contribution in [0.2, 0.25) is 0 Å². The predicted molar refractivity (Wildman–Crippen MR) is 77.7 cm³/mol. The summed E-state index contributed by atoms with van der Waals surface area (Å²) in [6.45, 7) is 0. The summed E-state index contributed by atoms with van der Waals surface area (Å²) in [7, 11) is 1.86. The zero-order chi connectivity index (χ0) is 14.1. The molecule has 5 nitrogen and oxygen atoms in total. The Morgan fingerprint density at radius 1 is 1.30 bits per heavy atom. The fourth-order valence-corrected chi connectivity index (χ4v) is 2.33. The lowest BCUT2D eigenvalue weighted by Crippen LogP contribution is -2.41. The van der Waals surface area contributed by atoms with Gasteiger partial charge in [0, 0.05) is 25.0 Å². The second-order valence-electron chi connectivity index (χ2n) is 5.24. The van der Waals surface area contributed by atoms with Crippen LogP contribution in [0.1, 0.15) is 29.8 Å². The highest BCUT2D eigenvalue weighted by Gasteiger charge is 2.27. The number of amides is 1. The van der Waals surface area contributed by atoms with Crippen LogP contribution in [-0.4, -0.2) is 33.7 Å². The zero-order valence-corrected chi connectivity index (χ0v) is 11.5. The van der Waals surface area contributed by atoms with Crippen LogP contribution in [0.15, 0.2) is 36.5 Å². The first-order valence-electron chi connectivity index (χ1n) is 6.84. The molecule has 0 unspecified atom stereocenters. The van der Waals surface area contributed by atoms with Gasteiger partial charge in [0.05, 0.1) is 5.69 Å². The average Bonchev–Trinajstić information content (AvgIpc) is 2.86. The highest BCUT2D eigenvalue weighted by Crippen LogP contribution is 2.24. The van der Waals surface area contributed by atoms with Crippen molar-refractivity contribution in [2.45, 2.75) is 25.3 Å². The highest BCUT2D eigenvalue weighted by atomic mass is 16.2. The maximum Gasteiger partial charge on any atom is 0.274 e. The van der Waals surface area contributed by atoms with Gasteiger partial charge in [0.2, 0.25) is 0 Å². The fraction of sp³-hybridized carbons (Fsp3) is 0.333. The van der Waals surface area contributed by atoms with Gasteiger partial charge in [-0.05, 0) is 49.6 Å². The van der Waals surface area contributed by atoms with Crippen molar-refractivity contribution < 1.29 is 4.79 Å². The summed E-state index contributed by atoms with van der Waals surface area (Å²) in [4.78, 5) is 14.1. The van der Waals surface area contributed by atoms with Crippen LogP contribution in [0.4, 0.5) is 5.69 Å². The molecule has 3 rings (SSSR count). The number of rotatable bonds is 3. The van der Waals surface area contributed by atoms with Crippen molar-refractivity contribution >= 4 is 11.6 Å². The molecular weight excluding hydrogens is 252 g/mol. The van der Waals surface area contributed by atoms with E-state index in [0.29, 0.717) is 17.4 Å². The fourth-order valence-electron chi connectivity index (χ4n) is 2.33. The molecular formula is C15H18N4O. The quantitative estimate of drug-likeness (QED) is 0.868. The molecule has 2 N–H and O–H groups in total. The third-order valence-corrected chi connectivity index (χ3v) is 3.91. The number of carbonyl (C=O) groups is 1. The lowest BCUT2D eigenvalue weighted by Gasteiger charge is -2.34. The Kier molecular flexibility index (Phi) is 3.18. The van der Waals surface area contributed by atoms with Crippen LogP contribution in [0, 0.1) is 0 Å². The molecule has 1 aliphatic carbocycles. The van der Waals surface area contributed by atoms with Gasteiger partial charge in [-0.15, -0.1) is 0 Å². The minimum absolute atomic E-state index is 0.0103. The molecule has 1 aromatic carbocycles. The minimum Gasteiger partial charge on any atom is -0.399 e. The molecule has 0 spiro atoms. The van der Waals surface area contributed by atoms with Crippen molar-refractivity contribution in [1.29, 1.82) is 0 Å². The summed E-state index contributed by atoms with van der Waals surface area (Å²) in [5.74, 6) is -0.0103. The van der Waals surface area contributed by atoms with Gasteiger partial charge in [0.25, 0.3) is 5.91 Å². The topological polar surface area (TPSA) is 64.2 Å². The summed E-state index contributed by atoms with van der Waals surface area (Å²) in [6, 6.07) is 9.54. The van der Waals surface area contributed by atoms with Gasteiger partial charge < -0.3 is 10.6 Å². The Labute approximate surface area is 118 Å². The highest BCUT2D eigenvalue weighted by molar-refractivity contribution is 5.92. The number of nitrogens with two attached hydrogens (primary N) is 1. The molecule has 5 heteroatoms. The van der Waals surface area contributed by atoms with Gasteiger partial charge in [-0.25, -0.2) is 4.68 Å². The second kappa shape index (κ2) is 5.00. The molecule has 0 aliphatic heterocycles. The standard InChI is InChI=1S/C15H18N4O/c1-18(12-3-2-4-12)15(20)14-9-10-19(17-14)13-7-5-11(16)6-8-13/h5-10,12H,2-4,16H2,1H3. The summed E-state index contributed by atoms with van der Waals surface area (Å²) in [5, 5.41) is 4.36. The van der Waals surface area contributed by atoms with Gasteiger partial charge in [0.15, 0.2) is 5.69 Å². The van der Waals surface area contributed by atoms with E-state index in [2.05, 4.69) is 5.10 Å². The number of nitrogens with zero attached hydrogens (tertiary/aromatic N) is 3. The third kappa shape index (κ3) is 2.27. The van der Waals surface area contributed by atoms with E-state index in [1.807, 2.05) is 31.3 Å². The van der Waals surface area contributed by atoms with Crippen molar-refractivity contribution in [3.63, 3.8) is 0 Å². The number of hydrogen-bond acceptors (Lipinski definition) is 3. The van der Waals surface area contributed by atoms with Crippen LogP contribution < -0.4 is 5.73 Å². The Morgan fingerprint density at radius 2 is 2.00 bits per heavy atom. The van der Waals surface area contributed by atoms with Crippen molar-refractivity contribution in [3.8, 4) is 5.69 Å². The molecule has 1 saturated carbocycles. The molecule has 1 heterocycles. The SMILES string of the molecule is CN(C(=O)c1ccn(-c2ccc(N)cc2)n1)C1CCC1. The first-order chi connectivity index (χ1) is 9.65. The lowest BCUT2D eigenvalue weighted by molar-refractivity contribution is 0.0645. The van der Waals surface area contributed by atoms with E-state index in [4.69, 9.17) is 5.73 Å². The number of carbonyl (C=O) groups excluding carboxylic acids is 1. The Bertz CT molecular complexity index is 613. The number of hydrogen-bond donors (Lipinski definition) is 1. The van der Waals surface area contributed by atoms with Crippen LogP contribution in [0.3, 0.4) is 0 Å². The minimum atomic E-state index is -0.0103. The monoisotopic (exact) mass is 270 g/mol. The van der Waals surface area contributed by atoms with Crippen LogP contribution >= 0.6 is 0 Å². The van der Waals surface area contributed by atoms with Crippen LogP contribution in [-0.2, 0) is 0 Å². The van der Waals surface area contributed by atoms with Gasteiger partial charge in [-0.3, -0.25) is 4.79 Å². The molecule has 0 atom stereocenters. The van der Waals surface area contributed by atoms with Gasteiger partial charge in [-0.2, -0.15) is 5.10 Å². The molecule has 20 heavy (non-hydrogen) atoms. The summed E-state index contributed by atoms with van der Waals surface area (Å²) >= 11 is 0. The molecule has 1 amide bonds. The molecule has 1 fully saturated rings. The molecule has 1 aliphatic rings. The van der Waals surface area contributed by atoms with E-state index < -0.39 is 0 Å². The molecule has 104 valence electrons. The van der Waals surface area contributed by atoms with Crippen LogP contribution in [0.25, 0.3) is 5.69 Å². The Morgan fingerprint density at radius 3 is 2.60 bits per heavy atom. The van der Waals surface area contributed by atoms with Gasteiger partial charge in [-0.1, -0.05) is 0 Å². The van der Waals surface area contributed by atoms with Gasteiger partial charge in [0.1, 0.15) is 0 Å². The first kappa shape index (κ1) is 12.7. The number of benzene rings is 1. The van der Waals surface area contributed by atoms with E-state index in [1.165, 1.54) is 6.42 Å². The maximum atomic E-state index is 12.3.